The van der Waals surface area contributed by atoms with Gasteiger partial charge in [0.15, 0.2) is 0 Å². The number of ether oxygens (including phenoxy) is 2. The first kappa shape index (κ1) is 17.8. The van der Waals surface area contributed by atoms with Crippen LogP contribution >= 0.6 is 0 Å². The predicted octanol–water partition coefficient (Wildman–Crippen LogP) is 3.48. The van der Waals surface area contributed by atoms with Gasteiger partial charge in [0, 0.05) is 22.9 Å². The number of methoxy groups -OCH3 is 1. The van der Waals surface area contributed by atoms with Crippen LogP contribution in [0.4, 0.5) is 4.39 Å². The lowest BCUT2D eigenvalue weighted by molar-refractivity contribution is 0.0940. The van der Waals surface area contributed by atoms with Crippen molar-refractivity contribution < 1.29 is 18.7 Å². The Kier molecular flexibility index (Phi) is 4.57. The number of hydrogen-bond acceptors (Lipinski definition) is 4. The van der Waals surface area contributed by atoms with Crippen molar-refractivity contribution in [2.75, 3.05) is 7.11 Å². The maximum Gasteiger partial charge on any atom is 0.261 e. The van der Waals surface area contributed by atoms with Crippen LogP contribution in [0, 0.1) is 0 Å². The van der Waals surface area contributed by atoms with Crippen LogP contribution in [0.5, 0.6) is 17.2 Å². The van der Waals surface area contributed by atoms with E-state index in [0.29, 0.717) is 17.2 Å². The Labute approximate surface area is 159 Å². The van der Waals surface area contributed by atoms with Crippen molar-refractivity contribution in [1.82, 2.24) is 10.3 Å². The minimum absolute atomic E-state index is 0.0868. The number of H-pyrrole nitrogens is 1. The summed E-state index contributed by atoms with van der Waals surface area (Å²) in [6.07, 6.45) is 0. The molecule has 0 radical (unpaired) electrons. The topological polar surface area (TPSA) is 80.4 Å². The number of nitrogens with one attached hydrogen (secondary N) is 2. The van der Waals surface area contributed by atoms with Gasteiger partial charge in [-0.2, -0.15) is 0 Å². The lowest BCUT2D eigenvalue weighted by atomic mass is 9.94. The number of amides is 1. The molecule has 142 valence electrons. The Morgan fingerprint density at radius 1 is 1.14 bits per heavy atom. The first-order valence-corrected chi connectivity index (χ1v) is 8.64. The van der Waals surface area contributed by atoms with Crippen molar-refractivity contribution >= 4 is 5.91 Å². The minimum atomic E-state index is -0.806. The van der Waals surface area contributed by atoms with Gasteiger partial charge in [-0.3, -0.25) is 9.59 Å². The number of hydrogen-bond donors (Lipinski definition) is 2. The molecule has 2 N–H and O–H groups in total. The highest BCUT2D eigenvalue weighted by Gasteiger charge is 2.29. The molecule has 6 nitrogen and oxygen atoms in total. The summed E-state index contributed by atoms with van der Waals surface area (Å²) in [4.78, 5) is 27.3. The number of halogens is 1. The SMILES string of the molecule is COc1ccc2c(c1)Oc1ccccc1C2NC(=O)c1ccc(CF)[nH]c1=O. The molecule has 2 aromatic carbocycles. The van der Waals surface area contributed by atoms with Gasteiger partial charge in [0.1, 0.15) is 29.5 Å². The van der Waals surface area contributed by atoms with E-state index in [1.54, 1.807) is 25.3 Å². The zero-order valence-corrected chi connectivity index (χ0v) is 15.0. The van der Waals surface area contributed by atoms with Crippen molar-refractivity contribution in [3.05, 3.63) is 87.3 Å². The average molecular weight is 380 g/mol. The highest BCUT2D eigenvalue weighted by Crippen LogP contribution is 2.44. The van der Waals surface area contributed by atoms with Gasteiger partial charge in [-0.1, -0.05) is 18.2 Å². The van der Waals surface area contributed by atoms with E-state index in [1.807, 2.05) is 24.3 Å². The van der Waals surface area contributed by atoms with E-state index in [2.05, 4.69) is 10.3 Å². The molecule has 1 unspecified atom stereocenters. The van der Waals surface area contributed by atoms with Gasteiger partial charge in [-0.15, -0.1) is 0 Å². The van der Waals surface area contributed by atoms with E-state index in [4.69, 9.17) is 9.47 Å². The van der Waals surface area contributed by atoms with E-state index in [-0.39, 0.29) is 11.3 Å². The van der Waals surface area contributed by atoms with Crippen LogP contribution in [-0.2, 0) is 6.67 Å². The first-order chi connectivity index (χ1) is 13.6. The molecule has 3 aromatic rings. The number of benzene rings is 2. The second-order valence-electron chi connectivity index (χ2n) is 6.31. The Hall–Kier alpha value is -3.61. The molecule has 0 aliphatic carbocycles. The van der Waals surface area contributed by atoms with Gasteiger partial charge < -0.3 is 19.8 Å². The van der Waals surface area contributed by atoms with Crippen molar-refractivity contribution in [3.63, 3.8) is 0 Å². The fourth-order valence-electron chi connectivity index (χ4n) is 3.20. The van der Waals surface area contributed by atoms with E-state index in [0.717, 1.165) is 11.1 Å². The second kappa shape index (κ2) is 7.19. The number of aromatic nitrogens is 1. The summed E-state index contributed by atoms with van der Waals surface area (Å²) in [5.74, 6) is 1.23. The number of aromatic amines is 1. The summed E-state index contributed by atoms with van der Waals surface area (Å²) < 4.78 is 23.9. The van der Waals surface area contributed by atoms with Gasteiger partial charge in [0.2, 0.25) is 0 Å². The van der Waals surface area contributed by atoms with Crippen LogP contribution in [0.25, 0.3) is 0 Å². The van der Waals surface area contributed by atoms with Gasteiger partial charge >= 0.3 is 0 Å². The molecule has 1 aliphatic rings. The standard InChI is InChI=1S/C21H17FN2O4/c1-27-13-7-9-15-18(10-13)28-17-5-3-2-4-14(17)19(15)24-21(26)16-8-6-12(11-22)23-20(16)25/h2-10,19H,11H2,1H3,(H,23,25)(H,24,26). The minimum Gasteiger partial charge on any atom is -0.497 e. The molecule has 0 fully saturated rings. The summed E-state index contributed by atoms with van der Waals surface area (Å²) in [6, 6.07) is 14.9. The molecule has 2 heterocycles. The molecule has 28 heavy (non-hydrogen) atoms. The summed E-state index contributed by atoms with van der Waals surface area (Å²) >= 11 is 0. The van der Waals surface area contributed by atoms with Crippen LogP contribution in [0.15, 0.2) is 59.4 Å². The molecule has 1 atom stereocenters. The maximum atomic E-state index is 12.8. The molecule has 4 rings (SSSR count). The third-order valence-corrected chi connectivity index (χ3v) is 4.62. The number of carbonyl (C=O) groups excluding carboxylic acids is 1. The molecule has 0 bridgehead atoms. The normalized spacial score (nSPS) is 14.4. The fourth-order valence-corrected chi connectivity index (χ4v) is 3.20. The smallest absolute Gasteiger partial charge is 0.261 e. The molecule has 0 saturated heterocycles. The third kappa shape index (κ3) is 3.11. The number of alkyl halides is 1. The predicted molar refractivity (Wildman–Crippen MR) is 101 cm³/mol. The zero-order valence-electron chi connectivity index (χ0n) is 15.0. The van der Waals surface area contributed by atoms with Gasteiger partial charge in [-0.05, 0) is 30.3 Å². The van der Waals surface area contributed by atoms with Crippen LogP contribution in [0.3, 0.4) is 0 Å². The molecule has 1 aliphatic heterocycles. The van der Waals surface area contributed by atoms with Crippen molar-refractivity contribution in [2.24, 2.45) is 0 Å². The lowest BCUT2D eigenvalue weighted by Gasteiger charge is -2.29. The van der Waals surface area contributed by atoms with E-state index in [9.17, 15) is 14.0 Å². The fraction of sp³-hybridized carbons (Fsp3) is 0.143. The molecular weight excluding hydrogens is 363 g/mol. The lowest BCUT2D eigenvalue weighted by Crippen LogP contribution is -2.34. The first-order valence-electron chi connectivity index (χ1n) is 8.64. The Balaban J connectivity index is 1.73. The quantitative estimate of drug-likeness (QED) is 0.726. The van der Waals surface area contributed by atoms with Crippen molar-refractivity contribution in [3.8, 4) is 17.2 Å². The summed E-state index contributed by atoms with van der Waals surface area (Å²) in [7, 11) is 1.56. The van der Waals surface area contributed by atoms with Crippen molar-refractivity contribution in [1.29, 1.82) is 0 Å². The molecule has 0 saturated carbocycles. The number of carbonyl (C=O) groups is 1. The monoisotopic (exact) mass is 380 g/mol. The highest BCUT2D eigenvalue weighted by atomic mass is 19.1. The zero-order chi connectivity index (χ0) is 19.7. The van der Waals surface area contributed by atoms with Crippen LogP contribution < -0.4 is 20.3 Å². The van der Waals surface area contributed by atoms with Crippen LogP contribution in [0.1, 0.15) is 33.2 Å². The third-order valence-electron chi connectivity index (χ3n) is 4.62. The van der Waals surface area contributed by atoms with Crippen LogP contribution in [0.2, 0.25) is 0 Å². The Morgan fingerprint density at radius 2 is 1.93 bits per heavy atom. The number of rotatable bonds is 4. The van der Waals surface area contributed by atoms with Crippen LogP contribution in [-0.4, -0.2) is 18.0 Å². The van der Waals surface area contributed by atoms with Crippen molar-refractivity contribution in [2.45, 2.75) is 12.7 Å². The Morgan fingerprint density at radius 3 is 2.68 bits per heavy atom. The molecule has 1 amide bonds. The Bertz CT molecular complexity index is 1110. The average Bonchev–Trinajstić information content (AvgIpc) is 2.72. The number of fused-ring (bicyclic) bond motifs is 2. The summed E-state index contributed by atoms with van der Waals surface area (Å²) in [5.41, 5.74) is 0.907. The van der Waals surface area contributed by atoms with Gasteiger partial charge in [0.05, 0.1) is 13.2 Å². The summed E-state index contributed by atoms with van der Waals surface area (Å²) in [5, 5.41) is 2.89. The summed E-state index contributed by atoms with van der Waals surface area (Å²) in [6.45, 7) is -0.806. The molecule has 7 heteroatoms. The highest BCUT2D eigenvalue weighted by molar-refractivity contribution is 5.94. The molecule has 0 spiro atoms. The van der Waals surface area contributed by atoms with E-state index < -0.39 is 24.2 Å². The molecular formula is C21H17FN2O4. The maximum absolute atomic E-state index is 12.8. The number of para-hydroxylation sites is 1. The second-order valence-corrected chi connectivity index (χ2v) is 6.31. The van der Waals surface area contributed by atoms with Gasteiger partial charge in [0.25, 0.3) is 11.5 Å². The van der Waals surface area contributed by atoms with E-state index in [1.165, 1.54) is 12.1 Å². The van der Waals surface area contributed by atoms with E-state index >= 15 is 0 Å². The van der Waals surface area contributed by atoms with Gasteiger partial charge in [-0.25, -0.2) is 4.39 Å². The molecule has 1 aromatic heterocycles. The number of pyridine rings is 1. The largest absolute Gasteiger partial charge is 0.497 e.